The van der Waals surface area contributed by atoms with E-state index in [2.05, 4.69) is 25.6 Å². The molecule has 2 aromatic heterocycles. The number of amides is 1. The van der Waals surface area contributed by atoms with Crippen molar-refractivity contribution >= 4 is 17.2 Å². The Kier molecular flexibility index (Phi) is 4.32. The molecule has 0 radical (unpaired) electrons. The van der Waals surface area contributed by atoms with Crippen LogP contribution in [0.5, 0.6) is 0 Å². The second-order valence-electron chi connectivity index (χ2n) is 4.57. The summed E-state index contributed by atoms with van der Waals surface area (Å²) in [6.07, 6.45) is 7.93. The number of rotatable bonds is 5. The quantitative estimate of drug-likeness (QED) is 0.798. The van der Waals surface area contributed by atoms with E-state index in [-0.39, 0.29) is 11.9 Å². The fourth-order valence-electron chi connectivity index (χ4n) is 2.01. The molecule has 1 atom stereocenters. The average Bonchev–Trinajstić information content (AvgIpc) is 3.20. The summed E-state index contributed by atoms with van der Waals surface area (Å²) in [4.78, 5) is 24.6. The van der Waals surface area contributed by atoms with Crippen molar-refractivity contribution in [1.29, 1.82) is 0 Å². The van der Waals surface area contributed by atoms with Crippen molar-refractivity contribution < 1.29 is 4.79 Å². The maximum atomic E-state index is 11.8. The Hall–Kier alpha value is -2.12. The molecule has 7 heteroatoms. The van der Waals surface area contributed by atoms with Crippen molar-refractivity contribution in [2.24, 2.45) is 0 Å². The highest BCUT2D eigenvalue weighted by molar-refractivity contribution is 7.13. The normalized spacial score (nSPS) is 17.0. The molecule has 0 saturated heterocycles. The van der Waals surface area contributed by atoms with Gasteiger partial charge in [-0.05, 0) is 6.07 Å². The second kappa shape index (κ2) is 6.55. The van der Waals surface area contributed by atoms with Crippen LogP contribution in [0.25, 0.3) is 10.8 Å². The zero-order chi connectivity index (χ0) is 14.5. The summed E-state index contributed by atoms with van der Waals surface area (Å²) < 4.78 is 0. The van der Waals surface area contributed by atoms with Gasteiger partial charge in [0.25, 0.3) is 0 Å². The molecule has 0 fully saturated rings. The van der Waals surface area contributed by atoms with Crippen molar-refractivity contribution in [1.82, 2.24) is 25.6 Å². The van der Waals surface area contributed by atoms with Crippen LogP contribution in [-0.2, 0) is 11.2 Å². The van der Waals surface area contributed by atoms with E-state index in [4.69, 9.17) is 0 Å². The summed E-state index contributed by atoms with van der Waals surface area (Å²) in [6.45, 7) is 1.33. The SMILES string of the molecule is O=C(NCCc1csc(-c2ncccn2)n1)[C@@H]1C=CCN1. The van der Waals surface area contributed by atoms with Gasteiger partial charge >= 0.3 is 0 Å². The van der Waals surface area contributed by atoms with Gasteiger partial charge in [0, 0.05) is 37.3 Å². The number of carbonyl (C=O) groups excluding carboxylic acids is 1. The number of carbonyl (C=O) groups is 1. The fourth-order valence-corrected chi connectivity index (χ4v) is 2.80. The number of nitrogens with zero attached hydrogens (tertiary/aromatic N) is 3. The molecule has 108 valence electrons. The van der Waals surface area contributed by atoms with Gasteiger partial charge in [-0.2, -0.15) is 0 Å². The minimum Gasteiger partial charge on any atom is -0.354 e. The van der Waals surface area contributed by atoms with Crippen LogP contribution in [0, 0.1) is 0 Å². The fraction of sp³-hybridized carbons (Fsp3) is 0.286. The van der Waals surface area contributed by atoms with Gasteiger partial charge in [0.15, 0.2) is 10.8 Å². The molecule has 0 unspecified atom stereocenters. The van der Waals surface area contributed by atoms with Crippen LogP contribution in [0.4, 0.5) is 0 Å². The van der Waals surface area contributed by atoms with Gasteiger partial charge in [0.2, 0.25) is 5.91 Å². The van der Waals surface area contributed by atoms with Gasteiger partial charge in [0.1, 0.15) is 6.04 Å². The molecule has 0 bridgehead atoms. The maximum Gasteiger partial charge on any atom is 0.241 e. The summed E-state index contributed by atoms with van der Waals surface area (Å²) in [5.74, 6) is 0.642. The highest BCUT2D eigenvalue weighted by atomic mass is 32.1. The second-order valence-corrected chi connectivity index (χ2v) is 5.43. The number of thiazole rings is 1. The van der Waals surface area contributed by atoms with E-state index in [0.717, 1.165) is 17.2 Å². The van der Waals surface area contributed by atoms with Gasteiger partial charge in [0.05, 0.1) is 5.69 Å². The summed E-state index contributed by atoms with van der Waals surface area (Å²) in [5, 5.41) is 8.76. The summed E-state index contributed by atoms with van der Waals surface area (Å²) in [7, 11) is 0. The van der Waals surface area contributed by atoms with Crippen molar-refractivity contribution in [3.05, 3.63) is 41.7 Å². The zero-order valence-corrected chi connectivity index (χ0v) is 12.1. The molecule has 6 nitrogen and oxygen atoms in total. The predicted molar refractivity (Wildman–Crippen MR) is 80.8 cm³/mol. The van der Waals surface area contributed by atoms with E-state index in [1.54, 1.807) is 18.5 Å². The van der Waals surface area contributed by atoms with Crippen LogP contribution in [0.15, 0.2) is 36.0 Å². The first-order chi connectivity index (χ1) is 10.3. The van der Waals surface area contributed by atoms with Crippen LogP contribution in [0.1, 0.15) is 5.69 Å². The standard InChI is InChI=1S/C14H15N5OS/c20-13(11-3-1-5-15-11)18-8-4-10-9-21-14(19-10)12-16-6-2-7-17-12/h1-3,6-7,9,11,15H,4-5,8H2,(H,18,20)/t11-/m0/s1. The number of hydrogen-bond donors (Lipinski definition) is 2. The van der Waals surface area contributed by atoms with Crippen molar-refractivity contribution in [3.8, 4) is 10.8 Å². The molecule has 0 spiro atoms. The summed E-state index contributed by atoms with van der Waals surface area (Å²) in [6, 6.07) is 1.58. The molecule has 3 rings (SSSR count). The monoisotopic (exact) mass is 301 g/mol. The van der Waals surface area contributed by atoms with Gasteiger partial charge in [-0.15, -0.1) is 11.3 Å². The first-order valence-electron chi connectivity index (χ1n) is 6.72. The van der Waals surface area contributed by atoms with Crippen molar-refractivity contribution in [2.75, 3.05) is 13.1 Å². The first-order valence-corrected chi connectivity index (χ1v) is 7.60. The molecule has 0 aromatic carbocycles. The maximum absolute atomic E-state index is 11.8. The Morgan fingerprint density at radius 3 is 3.05 bits per heavy atom. The van der Waals surface area contributed by atoms with Crippen molar-refractivity contribution in [2.45, 2.75) is 12.5 Å². The molecular weight excluding hydrogens is 286 g/mol. The Labute approximate surface area is 126 Å². The van der Waals surface area contributed by atoms with E-state index in [0.29, 0.717) is 18.8 Å². The number of hydrogen-bond acceptors (Lipinski definition) is 6. The number of aromatic nitrogens is 3. The van der Waals surface area contributed by atoms with Crippen molar-refractivity contribution in [3.63, 3.8) is 0 Å². The number of nitrogens with one attached hydrogen (secondary N) is 2. The third kappa shape index (κ3) is 3.50. The van der Waals surface area contributed by atoms with E-state index < -0.39 is 0 Å². The van der Waals surface area contributed by atoms with E-state index in [1.807, 2.05) is 17.5 Å². The van der Waals surface area contributed by atoms with E-state index >= 15 is 0 Å². The van der Waals surface area contributed by atoms with Crippen LogP contribution >= 0.6 is 11.3 Å². The third-order valence-corrected chi connectivity index (χ3v) is 3.94. The predicted octanol–water partition coefficient (Wildman–Crippen LogP) is 0.787. The Bertz CT molecular complexity index is 640. The van der Waals surface area contributed by atoms with Crippen LogP contribution in [0.3, 0.4) is 0 Å². The van der Waals surface area contributed by atoms with E-state index in [1.165, 1.54) is 11.3 Å². The van der Waals surface area contributed by atoms with Gasteiger partial charge in [-0.3, -0.25) is 10.1 Å². The van der Waals surface area contributed by atoms with Gasteiger partial charge < -0.3 is 5.32 Å². The highest BCUT2D eigenvalue weighted by Gasteiger charge is 2.16. The molecule has 0 aliphatic carbocycles. The Morgan fingerprint density at radius 1 is 1.43 bits per heavy atom. The van der Waals surface area contributed by atoms with Crippen LogP contribution in [0.2, 0.25) is 0 Å². The lowest BCUT2D eigenvalue weighted by Crippen LogP contribution is -2.41. The lowest BCUT2D eigenvalue weighted by molar-refractivity contribution is -0.121. The van der Waals surface area contributed by atoms with Crippen LogP contribution in [-0.4, -0.2) is 40.0 Å². The molecular formula is C14H15N5OS. The molecule has 1 amide bonds. The van der Waals surface area contributed by atoms with Crippen LogP contribution < -0.4 is 10.6 Å². The Morgan fingerprint density at radius 2 is 2.29 bits per heavy atom. The topological polar surface area (TPSA) is 79.8 Å². The summed E-state index contributed by atoms with van der Waals surface area (Å²) >= 11 is 1.51. The third-order valence-electron chi connectivity index (χ3n) is 3.06. The molecule has 2 aromatic rings. The molecule has 1 aliphatic heterocycles. The molecule has 0 saturated carbocycles. The zero-order valence-electron chi connectivity index (χ0n) is 11.3. The minimum atomic E-state index is -0.200. The lowest BCUT2D eigenvalue weighted by Gasteiger charge is -2.09. The van der Waals surface area contributed by atoms with Gasteiger partial charge in [-0.25, -0.2) is 15.0 Å². The Balaban J connectivity index is 1.51. The summed E-state index contributed by atoms with van der Waals surface area (Å²) in [5.41, 5.74) is 0.942. The van der Waals surface area contributed by atoms with E-state index in [9.17, 15) is 4.79 Å². The van der Waals surface area contributed by atoms with Gasteiger partial charge in [-0.1, -0.05) is 12.2 Å². The minimum absolute atomic E-state index is 0.00518. The largest absolute Gasteiger partial charge is 0.354 e. The molecule has 3 heterocycles. The molecule has 21 heavy (non-hydrogen) atoms. The highest BCUT2D eigenvalue weighted by Crippen LogP contribution is 2.19. The smallest absolute Gasteiger partial charge is 0.241 e. The molecule has 1 aliphatic rings. The average molecular weight is 301 g/mol. The first kappa shape index (κ1) is 13.8. The lowest BCUT2D eigenvalue weighted by atomic mass is 10.3. The molecule has 2 N–H and O–H groups in total.